The summed E-state index contributed by atoms with van der Waals surface area (Å²) in [5.74, 6) is 0.222. The first-order valence-electron chi connectivity index (χ1n) is 6.82. The quantitative estimate of drug-likeness (QED) is 0.639. The number of aryl methyl sites for hydroxylation is 1. The van der Waals surface area contributed by atoms with Gasteiger partial charge in [-0.15, -0.1) is 0 Å². The third kappa shape index (κ3) is 3.31. The number of anilines is 1. The van der Waals surface area contributed by atoms with Gasteiger partial charge < -0.3 is 10.4 Å². The van der Waals surface area contributed by atoms with Crippen molar-refractivity contribution in [3.8, 4) is 5.75 Å². The molecule has 0 aliphatic rings. The number of nitro benzene ring substituents is 1. The Morgan fingerprint density at radius 1 is 1.29 bits per heavy atom. The van der Waals surface area contributed by atoms with E-state index in [1.807, 2.05) is 26.0 Å². The zero-order valence-corrected chi connectivity index (χ0v) is 12.0. The molecule has 2 rings (SSSR count). The van der Waals surface area contributed by atoms with Crippen molar-refractivity contribution in [3.63, 3.8) is 0 Å². The van der Waals surface area contributed by atoms with E-state index >= 15 is 0 Å². The van der Waals surface area contributed by atoms with Crippen LogP contribution >= 0.6 is 0 Å². The van der Waals surface area contributed by atoms with E-state index < -0.39 is 4.92 Å². The van der Waals surface area contributed by atoms with E-state index in [-0.39, 0.29) is 17.5 Å². The number of phenolic OH excluding ortho intramolecular Hbond substituents is 1. The molecular formula is C16H18N2O3. The van der Waals surface area contributed by atoms with Crippen LogP contribution in [-0.2, 0) is 0 Å². The zero-order chi connectivity index (χ0) is 15.4. The van der Waals surface area contributed by atoms with Crippen molar-refractivity contribution < 1.29 is 10.0 Å². The number of hydrogen-bond donors (Lipinski definition) is 2. The highest BCUT2D eigenvalue weighted by Crippen LogP contribution is 2.31. The molecule has 0 aliphatic carbocycles. The summed E-state index contributed by atoms with van der Waals surface area (Å²) in [4.78, 5) is 10.5. The van der Waals surface area contributed by atoms with E-state index in [4.69, 9.17) is 0 Å². The molecule has 0 saturated heterocycles. The van der Waals surface area contributed by atoms with Gasteiger partial charge in [0.1, 0.15) is 5.75 Å². The van der Waals surface area contributed by atoms with Crippen molar-refractivity contribution in [2.24, 2.45) is 0 Å². The molecule has 2 aromatic rings. The van der Waals surface area contributed by atoms with Gasteiger partial charge in [0.25, 0.3) is 5.69 Å². The summed E-state index contributed by atoms with van der Waals surface area (Å²) in [6.07, 6.45) is 0.750. The fourth-order valence-electron chi connectivity index (χ4n) is 2.25. The molecule has 5 heteroatoms. The number of phenols is 1. The molecule has 0 fully saturated rings. The molecule has 0 saturated carbocycles. The molecule has 21 heavy (non-hydrogen) atoms. The van der Waals surface area contributed by atoms with Gasteiger partial charge in [-0.05, 0) is 25.0 Å². The summed E-state index contributed by atoms with van der Waals surface area (Å²) >= 11 is 0. The Morgan fingerprint density at radius 2 is 2.00 bits per heavy atom. The van der Waals surface area contributed by atoms with Crippen molar-refractivity contribution in [1.29, 1.82) is 0 Å². The number of non-ortho nitro benzene ring substituents is 1. The van der Waals surface area contributed by atoms with Gasteiger partial charge in [-0.1, -0.05) is 31.2 Å². The number of aromatic hydroxyl groups is 1. The number of benzene rings is 2. The maximum atomic E-state index is 10.9. The summed E-state index contributed by atoms with van der Waals surface area (Å²) in [5, 5.41) is 24.1. The van der Waals surface area contributed by atoms with Crippen LogP contribution in [0, 0.1) is 17.0 Å². The highest BCUT2D eigenvalue weighted by molar-refractivity contribution is 5.58. The number of rotatable bonds is 5. The molecule has 0 spiro atoms. The Labute approximate surface area is 123 Å². The Morgan fingerprint density at radius 3 is 2.62 bits per heavy atom. The van der Waals surface area contributed by atoms with Crippen molar-refractivity contribution in [3.05, 3.63) is 63.7 Å². The molecule has 0 bridgehead atoms. The predicted octanol–water partition coefficient (Wildman–Crippen LogP) is 4.17. The number of hydrogen-bond acceptors (Lipinski definition) is 4. The van der Waals surface area contributed by atoms with Crippen LogP contribution in [0.2, 0.25) is 0 Å². The van der Waals surface area contributed by atoms with Crippen LogP contribution in [0.3, 0.4) is 0 Å². The van der Waals surface area contributed by atoms with Gasteiger partial charge in [0.2, 0.25) is 0 Å². The summed E-state index contributed by atoms with van der Waals surface area (Å²) in [6, 6.07) is 11.7. The van der Waals surface area contributed by atoms with Crippen LogP contribution in [-0.4, -0.2) is 10.0 Å². The summed E-state index contributed by atoms with van der Waals surface area (Å²) in [7, 11) is 0. The average Bonchev–Trinajstić information content (AvgIpc) is 2.47. The topological polar surface area (TPSA) is 75.4 Å². The molecule has 0 amide bonds. The number of para-hydroxylation sites is 1. The number of nitrogens with zero attached hydrogens (tertiary/aromatic N) is 1. The standard InChI is InChI=1S/C16H18N2O3/c1-3-14(13-6-4-5-7-16(13)19)17-15-10-12(18(20)21)9-8-11(15)2/h4-10,14,17,19H,3H2,1-2H3. The van der Waals surface area contributed by atoms with E-state index in [9.17, 15) is 15.2 Å². The molecule has 0 aromatic heterocycles. The highest BCUT2D eigenvalue weighted by Gasteiger charge is 2.15. The Bertz CT molecular complexity index is 656. The van der Waals surface area contributed by atoms with E-state index in [0.29, 0.717) is 5.69 Å². The first kappa shape index (κ1) is 14.8. The Hall–Kier alpha value is -2.56. The van der Waals surface area contributed by atoms with Crippen molar-refractivity contribution >= 4 is 11.4 Å². The normalized spacial score (nSPS) is 11.9. The zero-order valence-electron chi connectivity index (χ0n) is 12.0. The minimum atomic E-state index is -0.411. The monoisotopic (exact) mass is 286 g/mol. The van der Waals surface area contributed by atoms with Crippen LogP contribution < -0.4 is 5.32 Å². The minimum Gasteiger partial charge on any atom is -0.508 e. The predicted molar refractivity (Wildman–Crippen MR) is 82.6 cm³/mol. The maximum absolute atomic E-state index is 10.9. The van der Waals surface area contributed by atoms with E-state index in [1.165, 1.54) is 12.1 Å². The molecule has 5 nitrogen and oxygen atoms in total. The van der Waals surface area contributed by atoms with Gasteiger partial charge >= 0.3 is 0 Å². The van der Waals surface area contributed by atoms with Gasteiger partial charge in [-0.2, -0.15) is 0 Å². The van der Waals surface area contributed by atoms with Crippen LogP contribution in [0.1, 0.15) is 30.5 Å². The van der Waals surface area contributed by atoms with Gasteiger partial charge in [0.05, 0.1) is 11.0 Å². The van der Waals surface area contributed by atoms with Crippen molar-refractivity contribution in [2.45, 2.75) is 26.3 Å². The van der Waals surface area contributed by atoms with Gasteiger partial charge in [0.15, 0.2) is 0 Å². The largest absolute Gasteiger partial charge is 0.508 e. The number of nitro groups is 1. The first-order valence-corrected chi connectivity index (χ1v) is 6.82. The Kier molecular flexibility index (Phi) is 4.42. The molecule has 1 unspecified atom stereocenters. The van der Waals surface area contributed by atoms with E-state index in [2.05, 4.69) is 5.32 Å². The third-order valence-corrected chi connectivity index (χ3v) is 3.48. The SMILES string of the molecule is CCC(Nc1cc([N+](=O)[O-])ccc1C)c1ccccc1O. The molecule has 2 aromatic carbocycles. The fraction of sp³-hybridized carbons (Fsp3) is 0.250. The third-order valence-electron chi connectivity index (χ3n) is 3.48. The molecular weight excluding hydrogens is 268 g/mol. The molecule has 0 aliphatic heterocycles. The van der Waals surface area contributed by atoms with Gasteiger partial charge in [0, 0.05) is 23.4 Å². The second-order valence-corrected chi connectivity index (χ2v) is 4.92. The molecule has 0 radical (unpaired) electrons. The Balaban J connectivity index is 2.33. The van der Waals surface area contributed by atoms with Gasteiger partial charge in [-0.3, -0.25) is 10.1 Å². The maximum Gasteiger partial charge on any atom is 0.271 e. The smallest absolute Gasteiger partial charge is 0.271 e. The lowest BCUT2D eigenvalue weighted by atomic mass is 10.0. The first-order chi connectivity index (χ1) is 10.0. The fourth-order valence-corrected chi connectivity index (χ4v) is 2.25. The van der Waals surface area contributed by atoms with Gasteiger partial charge in [-0.25, -0.2) is 0 Å². The summed E-state index contributed by atoms with van der Waals surface area (Å²) in [5.41, 5.74) is 2.47. The molecule has 1 atom stereocenters. The van der Waals surface area contributed by atoms with Crippen molar-refractivity contribution in [2.75, 3.05) is 5.32 Å². The average molecular weight is 286 g/mol. The lowest BCUT2D eigenvalue weighted by Gasteiger charge is -2.21. The lowest BCUT2D eigenvalue weighted by Crippen LogP contribution is -2.11. The molecule has 110 valence electrons. The summed E-state index contributed by atoms with van der Waals surface area (Å²) < 4.78 is 0. The van der Waals surface area contributed by atoms with E-state index in [0.717, 1.165) is 17.5 Å². The second-order valence-electron chi connectivity index (χ2n) is 4.92. The van der Waals surface area contributed by atoms with Crippen molar-refractivity contribution in [1.82, 2.24) is 0 Å². The molecule has 2 N–H and O–H groups in total. The van der Waals surface area contributed by atoms with Crippen LogP contribution in [0.4, 0.5) is 11.4 Å². The number of nitrogens with one attached hydrogen (secondary N) is 1. The second kappa shape index (κ2) is 6.26. The minimum absolute atomic E-state index is 0.0511. The lowest BCUT2D eigenvalue weighted by molar-refractivity contribution is -0.384. The summed E-state index contributed by atoms with van der Waals surface area (Å²) in [6.45, 7) is 3.89. The van der Waals surface area contributed by atoms with E-state index in [1.54, 1.807) is 18.2 Å². The van der Waals surface area contributed by atoms with Crippen LogP contribution in [0.15, 0.2) is 42.5 Å². The van der Waals surface area contributed by atoms with Crippen LogP contribution in [0.25, 0.3) is 0 Å². The van der Waals surface area contributed by atoms with Crippen LogP contribution in [0.5, 0.6) is 5.75 Å². The molecule has 0 heterocycles. The highest BCUT2D eigenvalue weighted by atomic mass is 16.6.